The van der Waals surface area contributed by atoms with E-state index in [1.165, 1.54) is 38.5 Å². The minimum Gasteiger partial charge on any atom is -0.407 e. The van der Waals surface area contributed by atoms with Crippen LogP contribution in [0.25, 0.3) is 0 Å². The molecule has 4 nitrogen and oxygen atoms in total. The van der Waals surface area contributed by atoms with Crippen molar-refractivity contribution in [2.24, 2.45) is 5.92 Å². The van der Waals surface area contributed by atoms with Crippen LogP contribution >= 0.6 is 11.6 Å². The van der Waals surface area contributed by atoms with Gasteiger partial charge in [0, 0.05) is 6.54 Å². The summed E-state index contributed by atoms with van der Waals surface area (Å²) in [6.45, 7) is 0.911. The fraction of sp³-hybridized carbons (Fsp3) is 0.818. The van der Waals surface area contributed by atoms with E-state index in [2.05, 4.69) is 15.5 Å². The fourth-order valence-electron chi connectivity index (χ4n) is 2.24. The van der Waals surface area contributed by atoms with Crippen LogP contribution in [0.1, 0.15) is 44.4 Å². The number of rotatable bonds is 5. The Labute approximate surface area is 101 Å². The highest BCUT2D eigenvalue weighted by Crippen LogP contribution is 2.26. The number of aromatic nitrogens is 2. The lowest BCUT2D eigenvalue weighted by molar-refractivity contribution is 0.344. The molecule has 1 fully saturated rings. The van der Waals surface area contributed by atoms with Crippen LogP contribution in [0.15, 0.2) is 4.42 Å². The first-order valence-electron chi connectivity index (χ1n) is 6.00. The van der Waals surface area contributed by atoms with Gasteiger partial charge in [-0.3, -0.25) is 0 Å². The molecule has 2 rings (SSSR count). The van der Waals surface area contributed by atoms with E-state index < -0.39 is 0 Å². The van der Waals surface area contributed by atoms with Gasteiger partial charge in [0.2, 0.25) is 5.89 Å². The average Bonchev–Trinajstić information content (AvgIpc) is 2.78. The first-order chi connectivity index (χ1) is 7.88. The van der Waals surface area contributed by atoms with Gasteiger partial charge in [0.05, 0.1) is 0 Å². The Morgan fingerprint density at radius 3 is 2.75 bits per heavy atom. The van der Waals surface area contributed by atoms with Crippen LogP contribution in [-0.2, 0) is 5.88 Å². The molecule has 0 bridgehead atoms. The molecule has 5 heteroatoms. The van der Waals surface area contributed by atoms with E-state index in [1.54, 1.807) is 0 Å². The van der Waals surface area contributed by atoms with Gasteiger partial charge >= 0.3 is 6.01 Å². The molecular weight excluding hydrogens is 226 g/mol. The third kappa shape index (κ3) is 3.37. The van der Waals surface area contributed by atoms with Gasteiger partial charge < -0.3 is 9.73 Å². The molecule has 0 unspecified atom stereocenters. The van der Waals surface area contributed by atoms with Crippen molar-refractivity contribution in [2.75, 3.05) is 11.9 Å². The molecule has 1 heterocycles. The summed E-state index contributed by atoms with van der Waals surface area (Å²) in [5.41, 5.74) is 0. The molecule has 1 aliphatic carbocycles. The van der Waals surface area contributed by atoms with Crippen molar-refractivity contribution in [3.05, 3.63) is 5.89 Å². The molecule has 0 radical (unpaired) electrons. The summed E-state index contributed by atoms with van der Waals surface area (Å²) in [5, 5.41) is 10.8. The van der Waals surface area contributed by atoms with E-state index >= 15 is 0 Å². The predicted molar refractivity (Wildman–Crippen MR) is 63.5 cm³/mol. The largest absolute Gasteiger partial charge is 0.407 e. The fourth-order valence-corrected chi connectivity index (χ4v) is 2.35. The van der Waals surface area contributed by atoms with Gasteiger partial charge in [-0.05, 0) is 12.3 Å². The van der Waals surface area contributed by atoms with Gasteiger partial charge in [0.25, 0.3) is 0 Å². The summed E-state index contributed by atoms with van der Waals surface area (Å²) in [7, 11) is 0. The molecule has 0 amide bonds. The van der Waals surface area contributed by atoms with Crippen molar-refractivity contribution >= 4 is 17.6 Å². The monoisotopic (exact) mass is 243 g/mol. The Morgan fingerprint density at radius 1 is 1.25 bits per heavy atom. The van der Waals surface area contributed by atoms with E-state index in [0.29, 0.717) is 11.9 Å². The maximum atomic E-state index is 5.57. The Bertz CT molecular complexity index is 310. The van der Waals surface area contributed by atoms with Crippen molar-refractivity contribution < 1.29 is 4.42 Å². The second-order valence-corrected chi connectivity index (χ2v) is 4.62. The Kier molecular flexibility index (Phi) is 4.45. The topological polar surface area (TPSA) is 51.0 Å². The predicted octanol–water partition coefficient (Wildman–Crippen LogP) is 3.19. The van der Waals surface area contributed by atoms with Gasteiger partial charge in [-0.25, -0.2) is 0 Å². The second-order valence-electron chi connectivity index (χ2n) is 4.35. The van der Waals surface area contributed by atoms with Crippen molar-refractivity contribution in [3.8, 4) is 0 Å². The summed E-state index contributed by atoms with van der Waals surface area (Å²) in [6, 6.07) is 0.492. The van der Waals surface area contributed by atoms with Crippen LogP contribution in [0.4, 0.5) is 6.01 Å². The molecule has 1 aliphatic rings. The van der Waals surface area contributed by atoms with Crippen molar-refractivity contribution in [3.63, 3.8) is 0 Å². The number of alkyl halides is 1. The molecule has 1 aromatic heterocycles. The van der Waals surface area contributed by atoms with Crippen LogP contribution in [0.5, 0.6) is 0 Å². The molecule has 1 aromatic rings. The van der Waals surface area contributed by atoms with Crippen LogP contribution < -0.4 is 5.32 Å². The zero-order valence-corrected chi connectivity index (χ0v) is 10.2. The maximum Gasteiger partial charge on any atom is 0.315 e. The number of anilines is 1. The van der Waals surface area contributed by atoms with Crippen molar-refractivity contribution in [1.29, 1.82) is 0 Å². The lowest BCUT2D eigenvalue weighted by Crippen LogP contribution is -2.12. The summed E-state index contributed by atoms with van der Waals surface area (Å²) in [4.78, 5) is 0. The zero-order valence-electron chi connectivity index (χ0n) is 9.41. The number of nitrogens with one attached hydrogen (secondary N) is 1. The summed E-state index contributed by atoms with van der Waals surface area (Å²) in [5.74, 6) is 1.62. The standard InChI is InChI=1S/C11H18ClN3O/c12-8-10-14-15-11(16-10)13-7-6-9-4-2-1-3-5-9/h9H,1-8H2,(H,13,15). The lowest BCUT2D eigenvalue weighted by atomic mass is 9.87. The van der Waals surface area contributed by atoms with Gasteiger partial charge in [0.15, 0.2) is 0 Å². The Morgan fingerprint density at radius 2 is 2.06 bits per heavy atom. The van der Waals surface area contributed by atoms with Crippen molar-refractivity contribution in [2.45, 2.75) is 44.4 Å². The van der Waals surface area contributed by atoms with Crippen LogP contribution in [0.2, 0.25) is 0 Å². The SMILES string of the molecule is ClCc1nnc(NCCC2CCCCC2)o1. The van der Waals surface area contributed by atoms with Gasteiger partial charge in [-0.2, -0.15) is 0 Å². The Balaban J connectivity index is 1.66. The zero-order chi connectivity index (χ0) is 11.2. The minimum atomic E-state index is 0.275. The lowest BCUT2D eigenvalue weighted by Gasteiger charge is -2.21. The van der Waals surface area contributed by atoms with Crippen LogP contribution in [-0.4, -0.2) is 16.7 Å². The van der Waals surface area contributed by atoms with Gasteiger partial charge in [0.1, 0.15) is 5.88 Å². The first-order valence-corrected chi connectivity index (χ1v) is 6.54. The molecule has 1 saturated carbocycles. The van der Waals surface area contributed by atoms with E-state index in [9.17, 15) is 0 Å². The van der Waals surface area contributed by atoms with E-state index in [0.717, 1.165) is 12.5 Å². The molecule has 0 aliphatic heterocycles. The van der Waals surface area contributed by atoms with Crippen molar-refractivity contribution in [1.82, 2.24) is 10.2 Å². The number of halogens is 1. The molecule has 1 N–H and O–H groups in total. The normalized spacial score (nSPS) is 17.6. The maximum absolute atomic E-state index is 5.57. The molecule has 90 valence electrons. The first kappa shape index (κ1) is 11.7. The second kappa shape index (κ2) is 6.09. The smallest absolute Gasteiger partial charge is 0.315 e. The Hall–Kier alpha value is -0.770. The molecular formula is C11H18ClN3O. The number of hydrogen-bond donors (Lipinski definition) is 1. The van der Waals surface area contributed by atoms with Gasteiger partial charge in [-0.15, -0.1) is 16.7 Å². The van der Waals surface area contributed by atoms with Crippen LogP contribution in [0, 0.1) is 5.92 Å². The quantitative estimate of drug-likeness (QED) is 0.807. The summed E-state index contributed by atoms with van der Waals surface area (Å²) in [6.07, 6.45) is 8.13. The van der Waals surface area contributed by atoms with E-state index in [4.69, 9.17) is 16.0 Å². The summed E-state index contributed by atoms with van der Waals surface area (Å²) < 4.78 is 5.26. The van der Waals surface area contributed by atoms with E-state index in [-0.39, 0.29) is 5.88 Å². The molecule has 0 saturated heterocycles. The minimum absolute atomic E-state index is 0.275. The highest BCUT2D eigenvalue weighted by atomic mass is 35.5. The molecule has 16 heavy (non-hydrogen) atoms. The highest BCUT2D eigenvalue weighted by Gasteiger charge is 2.13. The third-order valence-corrected chi connectivity index (χ3v) is 3.36. The van der Waals surface area contributed by atoms with E-state index in [1.807, 2.05) is 0 Å². The molecule has 0 aromatic carbocycles. The molecule has 0 spiro atoms. The number of nitrogens with zero attached hydrogens (tertiary/aromatic N) is 2. The molecule has 0 atom stereocenters. The highest BCUT2D eigenvalue weighted by molar-refractivity contribution is 6.16. The average molecular weight is 244 g/mol. The summed E-state index contributed by atoms with van der Waals surface area (Å²) >= 11 is 5.57. The third-order valence-electron chi connectivity index (χ3n) is 3.13. The number of hydrogen-bond acceptors (Lipinski definition) is 4. The van der Waals surface area contributed by atoms with Crippen LogP contribution in [0.3, 0.4) is 0 Å². The van der Waals surface area contributed by atoms with Gasteiger partial charge in [-0.1, -0.05) is 37.2 Å².